The van der Waals surface area contributed by atoms with Gasteiger partial charge in [-0.25, -0.2) is 8.78 Å². The number of likely N-dealkylation sites (tertiary alicyclic amines) is 1. The van der Waals surface area contributed by atoms with Crippen molar-refractivity contribution < 1.29 is 8.78 Å². The van der Waals surface area contributed by atoms with Crippen molar-refractivity contribution in [2.45, 2.75) is 18.8 Å². The number of rotatable bonds is 3. The van der Waals surface area contributed by atoms with Gasteiger partial charge < -0.3 is 4.90 Å². The molecule has 0 aromatic carbocycles. The van der Waals surface area contributed by atoms with Crippen LogP contribution in [0.25, 0.3) is 0 Å². The third-order valence-electron chi connectivity index (χ3n) is 2.20. The van der Waals surface area contributed by atoms with Crippen LogP contribution < -0.4 is 0 Å². The Balaban J connectivity index is 2.18. The van der Waals surface area contributed by atoms with Crippen LogP contribution in [-0.2, 0) is 0 Å². The molecular weight excluding hydrogens is 180 g/mol. The first kappa shape index (κ1) is 10.3. The molecule has 0 aliphatic carbocycles. The van der Waals surface area contributed by atoms with Crippen LogP contribution in [0, 0.1) is 0 Å². The molecule has 72 valence electrons. The first-order chi connectivity index (χ1) is 5.64. The molecule has 1 nitrogen and oxygen atoms in total. The predicted molar refractivity (Wildman–Crippen MR) is 49.0 cm³/mol. The van der Waals surface area contributed by atoms with E-state index in [1.54, 1.807) is 11.8 Å². The maximum Gasteiger partial charge on any atom is 0.250 e. The van der Waals surface area contributed by atoms with Crippen LogP contribution in [0.4, 0.5) is 8.78 Å². The van der Waals surface area contributed by atoms with Gasteiger partial charge in [0.05, 0.1) is 0 Å². The molecule has 0 bridgehead atoms. The Labute approximate surface area is 76.5 Å². The average molecular weight is 195 g/mol. The molecule has 0 N–H and O–H groups in total. The highest BCUT2D eigenvalue weighted by Gasteiger charge is 2.33. The molecule has 0 amide bonds. The highest BCUT2D eigenvalue weighted by Crippen LogP contribution is 2.27. The first-order valence-electron chi connectivity index (χ1n) is 4.23. The van der Waals surface area contributed by atoms with Crippen LogP contribution in [0.1, 0.15) is 12.8 Å². The minimum atomic E-state index is -2.39. The molecule has 4 heteroatoms. The van der Waals surface area contributed by atoms with E-state index in [9.17, 15) is 8.78 Å². The molecule has 1 heterocycles. The molecule has 1 aliphatic heterocycles. The van der Waals surface area contributed by atoms with Gasteiger partial charge in [-0.05, 0) is 6.26 Å². The van der Waals surface area contributed by atoms with Crippen molar-refractivity contribution in [2.75, 3.05) is 31.6 Å². The fourth-order valence-electron chi connectivity index (χ4n) is 1.32. The molecule has 1 rings (SSSR count). The largest absolute Gasteiger partial charge is 0.302 e. The second-order valence-corrected chi connectivity index (χ2v) is 4.18. The normalized spacial score (nSPS) is 24.2. The van der Waals surface area contributed by atoms with E-state index in [1.165, 1.54) is 0 Å². The van der Waals surface area contributed by atoms with Gasteiger partial charge in [0.2, 0.25) is 0 Å². The lowest BCUT2D eigenvalue weighted by atomic mass is 10.1. The molecule has 12 heavy (non-hydrogen) atoms. The maximum absolute atomic E-state index is 12.7. The van der Waals surface area contributed by atoms with Crippen LogP contribution in [0.3, 0.4) is 0 Å². The van der Waals surface area contributed by atoms with Gasteiger partial charge in [-0.1, -0.05) is 0 Å². The molecule has 1 aliphatic rings. The van der Waals surface area contributed by atoms with Gasteiger partial charge in [-0.15, -0.1) is 0 Å². The summed E-state index contributed by atoms with van der Waals surface area (Å²) in [6.07, 6.45) is 2.13. The van der Waals surface area contributed by atoms with E-state index in [0.717, 1.165) is 12.3 Å². The number of thioether (sulfide) groups is 1. The van der Waals surface area contributed by atoms with E-state index < -0.39 is 5.92 Å². The fraction of sp³-hybridized carbons (Fsp3) is 1.00. The number of halogens is 2. The standard InChI is InChI=1S/C8H15F2NS/c1-12-7-6-11-4-2-8(9,10)3-5-11/h2-7H2,1H3. The lowest BCUT2D eigenvalue weighted by Gasteiger charge is -2.31. The summed E-state index contributed by atoms with van der Waals surface area (Å²) in [6, 6.07) is 0. The van der Waals surface area contributed by atoms with Crippen molar-refractivity contribution in [2.24, 2.45) is 0 Å². The molecule has 0 aromatic rings. The summed E-state index contributed by atoms with van der Waals surface area (Å²) in [7, 11) is 0. The summed E-state index contributed by atoms with van der Waals surface area (Å²) in [5.74, 6) is -1.35. The number of alkyl halides is 2. The van der Waals surface area contributed by atoms with Crippen LogP contribution in [0.2, 0.25) is 0 Å². The van der Waals surface area contributed by atoms with Gasteiger partial charge in [0.15, 0.2) is 0 Å². The van der Waals surface area contributed by atoms with E-state index >= 15 is 0 Å². The fourth-order valence-corrected chi connectivity index (χ4v) is 1.76. The third kappa shape index (κ3) is 3.27. The van der Waals surface area contributed by atoms with Gasteiger partial charge in [-0.2, -0.15) is 11.8 Å². The number of piperidine rings is 1. The Morgan fingerprint density at radius 2 is 1.92 bits per heavy atom. The summed E-state index contributed by atoms with van der Waals surface area (Å²) in [4.78, 5) is 2.12. The van der Waals surface area contributed by atoms with Crippen molar-refractivity contribution >= 4 is 11.8 Å². The van der Waals surface area contributed by atoms with E-state index in [0.29, 0.717) is 13.1 Å². The number of hydrogen-bond donors (Lipinski definition) is 0. The van der Waals surface area contributed by atoms with Gasteiger partial charge in [0, 0.05) is 38.2 Å². The number of nitrogens with zero attached hydrogens (tertiary/aromatic N) is 1. The summed E-state index contributed by atoms with van der Waals surface area (Å²) >= 11 is 1.77. The maximum atomic E-state index is 12.7. The smallest absolute Gasteiger partial charge is 0.250 e. The summed E-state index contributed by atoms with van der Waals surface area (Å²) < 4.78 is 25.3. The second-order valence-electron chi connectivity index (χ2n) is 3.19. The SMILES string of the molecule is CSCCN1CCC(F)(F)CC1. The molecule has 0 unspecified atom stereocenters. The zero-order valence-electron chi connectivity index (χ0n) is 7.35. The Kier molecular flexibility index (Phi) is 3.77. The monoisotopic (exact) mass is 195 g/mol. The molecule has 1 fully saturated rings. The molecule has 0 saturated carbocycles. The molecule has 0 atom stereocenters. The van der Waals surface area contributed by atoms with E-state index in [-0.39, 0.29) is 12.8 Å². The van der Waals surface area contributed by atoms with E-state index in [1.807, 2.05) is 6.26 Å². The quantitative estimate of drug-likeness (QED) is 0.678. The minimum Gasteiger partial charge on any atom is -0.302 e. The molecule has 1 saturated heterocycles. The van der Waals surface area contributed by atoms with E-state index in [4.69, 9.17) is 0 Å². The zero-order valence-corrected chi connectivity index (χ0v) is 8.17. The molecule has 0 spiro atoms. The summed E-state index contributed by atoms with van der Waals surface area (Å²) in [5, 5.41) is 0. The van der Waals surface area contributed by atoms with Crippen molar-refractivity contribution in [1.82, 2.24) is 4.90 Å². The highest BCUT2D eigenvalue weighted by atomic mass is 32.2. The lowest BCUT2D eigenvalue weighted by molar-refractivity contribution is -0.0539. The van der Waals surface area contributed by atoms with Gasteiger partial charge in [0.25, 0.3) is 5.92 Å². The van der Waals surface area contributed by atoms with Gasteiger partial charge in [-0.3, -0.25) is 0 Å². The van der Waals surface area contributed by atoms with Crippen LogP contribution in [0.15, 0.2) is 0 Å². The summed E-state index contributed by atoms with van der Waals surface area (Å²) in [6.45, 7) is 2.08. The Bertz CT molecular complexity index is 131. The van der Waals surface area contributed by atoms with Gasteiger partial charge >= 0.3 is 0 Å². The Morgan fingerprint density at radius 1 is 1.33 bits per heavy atom. The van der Waals surface area contributed by atoms with Gasteiger partial charge in [0.1, 0.15) is 0 Å². The Morgan fingerprint density at radius 3 is 2.42 bits per heavy atom. The number of hydrogen-bond acceptors (Lipinski definition) is 2. The molecular formula is C8H15F2NS. The van der Waals surface area contributed by atoms with E-state index in [2.05, 4.69) is 4.90 Å². The first-order valence-corrected chi connectivity index (χ1v) is 5.62. The topological polar surface area (TPSA) is 3.24 Å². The van der Waals surface area contributed by atoms with Crippen LogP contribution >= 0.6 is 11.8 Å². The van der Waals surface area contributed by atoms with Crippen molar-refractivity contribution in [3.63, 3.8) is 0 Å². The molecule has 0 radical (unpaired) electrons. The lowest BCUT2D eigenvalue weighted by Crippen LogP contribution is -2.40. The van der Waals surface area contributed by atoms with Crippen molar-refractivity contribution in [1.29, 1.82) is 0 Å². The Hall–Kier alpha value is 0.170. The average Bonchev–Trinajstić information content (AvgIpc) is 2.03. The third-order valence-corrected chi connectivity index (χ3v) is 2.79. The van der Waals surface area contributed by atoms with Crippen LogP contribution in [-0.4, -0.2) is 42.5 Å². The molecule has 0 aromatic heterocycles. The highest BCUT2D eigenvalue weighted by molar-refractivity contribution is 7.98. The minimum absolute atomic E-state index is 0.0430. The van der Waals surface area contributed by atoms with Crippen molar-refractivity contribution in [3.8, 4) is 0 Å². The van der Waals surface area contributed by atoms with Crippen LogP contribution in [0.5, 0.6) is 0 Å². The zero-order chi connectivity index (χ0) is 9.03. The summed E-state index contributed by atoms with van der Waals surface area (Å²) in [5.41, 5.74) is 0. The predicted octanol–water partition coefficient (Wildman–Crippen LogP) is 2.08. The second kappa shape index (κ2) is 4.42. The van der Waals surface area contributed by atoms with Crippen molar-refractivity contribution in [3.05, 3.63) is 0 Å².